The second-order valence-electron chi connectivity index (χ2n) is 12.5. The van der Waals surface area contributed by atoms with Crippen LogP contribution in [0.4, 0.5) is 5.69 Å². The zero-order valence-corrected chi connectivity index (χ0v) is 27.6. The Morgan fingerprint density at radius 2 is 0.878 bits per heavy atom. The third kappa shape index (κ3) is 24.8. The summed E-state index contributed by atoms with van der Waals surface area (Å²) in [6.45, 7) is 3.26. The van der Waals surface area contributed by atoms with Crippen molar-refractivity contribution in [2.75, 3.05) is 19.0 Å². The van der Waals surface area contributed by atoms with E-state index in [1.807, 2.05) is 18.2 Å². The molecule has 0 aliphatic carbocycles. The monoisotopic (exact) mass is 572 g/mol. The van der Waals surface area contributed by atoms with Crippen molar-refractivity contribution in [3.63, 3.8) is 0 Å². The van der Waals surface area contributed by atoms with E-state index in [2.05, 4.69) is 12.2 Å². The molecular weight excluding hydrogens is 502 g/mol. The van der Waals surface area contributed by atoms with Gasteiger partial charge in [-0.3, -0.25) is 0 Å². The lowest BCUT2D eigenvalue weighted by Crippen LogP contribution is -2.04. The van der Waals surface area contributed by atoms with E-state index < -0.39 is 0 Å². The van der Waals surface area contributed by atoms with Gasteiger partial charge in [0.15, 0.2) is 0 Å². The number of anilines is 1. The third-order valence-corrected chi connectivity index (χ3v) is 8.64. The first-order chi connectivity index (χ1) is 20.3. The number of esters is 1. The number of nitrogens with one attached hydrogen (secondary N) is 1. The summed E-state index contributed by atoms with van der Waals surface area (Å²) < 4.78 is 4.79. The SMILES string of the molecule is CCCCCCCCCCCCCCCCCCCCCCCCCCCCCCNc1cccc(C(=O)OC)c1. The average molecular weight is 572 g/mol. The van der Waals surface area contributed by atoms with Gasteiger partial charge in [-0.15, -0.1) is 0 Å². The van der Waals surface area contributed by atoms with E-state index in [-0.39, 0.29) is 5.97 Å². The van der Waals surface area contributed by atoms with Gasteiger partial charge in [-0.2, -0.15) is 0 Å². The molecule has 1 rings (SSSR count). The van der Waals surface area contributed by atoms with Crippen LogP contribution >= 0.6 is 0 Å². The Kier molecular flexibility index (Phi) is 27.4. The minimum atomic E-state index is -0.278. The molecule has 0 unspecified atom stereocenters. The minimum absolute atomic E-state index is 0.278. The molecule has 41 heavy (non-hydrogen) atoms. The Hall–Kier alpha value is -1.51. The lowest BCUT2D eigenvalue weighted by Gasteiger charge is -2.08. The first kappa shape index (κ1) is 37.5. The molecule has 0 fully saturated rings. The maximum atomic E-state index is 11.6. The van der Waals surface area contributed by atoms with Gasteiger partial charge in [0.25, 0.3) is 0 Å². The van der Waals surface area contributed by atoms with E-state index in [1.165, 1.54) is 187 Å². The summed E-state index contributed by atoms with van der Waals surface area (Å²) >= 11 is 0. The maximum Gasteiger partial charge on any atom is 0.337 e. The Morgan fingerprint density at radius 3 is 1.22 bits per heavy atom. The quantitative estimate of drug-likeness (QED) is 0.0711. The number of benzene rings is 1. The third-order valence-electron chi connectivity index (χ3n) is 8.64. The van der Waals surface area contributed by atoms with Crippen LogP contribution in [0.15, 0.2) is 24.3 Å². The van der Waals surface area contributed by atoms with Crippen molar-refractivity contribution in [1.29, 1.82) is 0 Å². The molecule has 1 aromatic rings. The minimum Gasteiger partial charge on any atom is -0.465 e. The molecule has 1 aromatic carbocycles. The Bertz CT molecular complexity index is 689. The van der Waals surface area contributed by atoms with Crippen molar-refractivity contribution in [2.24, 2.45) is 0 Å². The van der Waals surface area contributed by atoms with E-state index in [0.717, 1.165) is 12.2 Å². The molecule has 0 radical (unpaired) electrons. The lowest BCUT2D eigenvalue weighted by molar-refractivity contribution is 0.0601. The molecule has 3 heteroatoms. The van der Waals surface area contributed by atoms with Crippen molar-refractivity contribution in [1.82, 2.24) is 0 Å². The number of rotatable bonds is 31. The zero-order valence-electron chi connectivity index (χ0n) is 27.6. The van der Waals surface area contributed by atoms with Crippen molar-refractivity contribution in [3.8, 4) is 0 Å². The first-order valence-electron chi connectivity index (χ1n) is 18.2. The fourth-order valence-corrected chi connectivity index (χ4v) is 5.90. The van der Waals surface area contributed by atoms with Crippen LogP contribution in [-0.2, 0) is 4.74 Å². The predicted octanol–water partition coefficient (Wildman–Crippen LogP) is 12.8. The molecule has 0 aliphatic heterocycles. The second-order valence-corrected chi connectivity index (χ2v) is 12.5. The molecule has 3 nitrogen and oxygen atoms in total. The van der Waals surface area contributed by atoms with Crippen molar-refractivity contribution < 1.29 is 9.53 Å². The van der Waals surface area contributed by atoms with Crippen LogP contribution in [0, 0.1) is 0 Å². The summed E-state index contributed by atoms with van der Waals surface area (Å²) in [6, 6.07) is 7.57. The maximum absolute atomic E-state index is 11.6. The summed E-state index contributed by atoms with van der Waals surface area (Å²) in [6.07, 6.45) is 40.1. The van der Waals surface area contributed by atoms with Crippen LogP contribution in [0.2, 0.25) is 0 Å². The molecule has 238 valence electrons. The summed E-state index contributed by atoms with van der Waals surface area (Å²) in [5, 5.41) is 3.43. The molecule has 0 aromatic heterocycles. The number of carbonyl (C=O) groups excluding carboxylic acids is 1. The Balaban J connectivity index is 1.70. The van der Waals surface area contributed by atoms with Gasteiger partial charge in [-0.05, 0) is 24.6 Å². The first-order valence-corrected chi connectivity index (χ1v) is 18.2. The molecule has 0 spiro atoms. The van der Waals surface area contributed by atoms with Crippen LogP contribution in [0.3, 0.4) is 0 Å². The van der Waals surface area contributed by atoms with Crippen LogP contribution in [0.5, 0.6) is 0 Å². The van der Waals surface area contributed by atoms with E-state index in [4.69, 9.17) is 4.74 Å². The van der Waals surface area contributed by atoms with Crippen molar-refractivity contribution in [2.45, 2.75) is 187 Å². The van der Waals surface area contributed by atoms with Crippen LogP contribution in [-0.4, -0.2) is 19.6 Å². The van der Waals surface area contributed by atoms with Crippen molar-refractivity contribution >= 4 is 11.7 Å². The molecular formula is C38H69NO2. The highest BCUT2D eigenvalue weighted by Crippen LogP contribution is 2.17. The lowest BCUT2D eigenvalue weighted by atomic mass is 10.0. The highest BCUT2D eigenvalue weighted by atomic mass is 16.5. The molecule has 0 bridgehead atoms. The standard InChI is InChI=1S/C38H69NO2/c1-3-4-5-6-7-8-9-10-11-12-13-14-15-16-17-18-19-20-21-22-23-24-25-26-27-28-29-30-34-39-37-33-31-32-36(35-37)38(40)41-2/h31-33,35,39H,3-30,34H2,1-2H3. The Labute approximate surface area is 256 Å². The summed E-state index contributed by atoms with van der Waals surface area (Å²) in [5.41, 5.74) is 1.60. The number of methoxy groups -OCH3 is 1. The number of hydrogen-bond donors (Lipinski definition) is 1. The van der Waals surface area contributed by atoms with E-state index >= 15 is 0 Å². The average Bonchev–Trinajstić information content (AvgIpc) is 3.00. The van der Waals surface area contributed by atoms with Gasteiger partial charge in [-0.25, -0.2) is 4.79 Å². The second kappa shape index (κ2) is 30.0. The summed E-state index contributed by atoms with van der Waals surface area (Å²) in [5.74, 6) is -0.278. The van der Waals surface area contributed by atoms with Crippen LogP contribution in [0.1, 0.15) is 197 Å². The number of unbranched alkanes of at least 4 members (excludes halogenated alkanes) is 27. The number of hydrogen-bond acceptors (Lipinski definition) is 3. The highest BCUT2D eigenvalue weighted by Gasteiger charge is 2.05. The van der Waals surface area contributed by atoms with Crippen LogP contribution in [0.25, 0.3) is 0 Å². The molecule has 1 N–H and O–H groups in total. The van der Waals surface area contributed by atoms with Gasteiger partial charge in [0, 0.05) is 12.2 Å². The van der Waals surface area contributed by atoms with E-state index in [9.17, 15) is 4.79 Å². The summed E-state index contributed by atoms with van der Waals surface area (Å²) in [4.78, 5) is 11.6. The van der Waals surface area contributed by atoms with Crippen molar-refractivity contribution in [3.05, 3.63) is 29.8 Å². The predicted molar refractivity (Wildman–Crippen MR) is 181 cm³/mol. The van der Waals surface area contributed by atoms with E-state index in [0.29, 0.717) is 5.56 Å². The Morgan fingerprint density at radius 1 is 0.537 bits per heavy atom. The van der Waals surface area contributed by atoms with Crippen LogP contribution < -0.4 is 5.32 Å². The molecule has 0 atom stereocenters. The van der Waals surface area contributed by atoms with E-state index in [1.54, 1.807) is 6.07 Å². The number of ether oxygens (including phenoxy) is 1. The fraction of sp³-hybridized carbons (Fsp3) is 0.816. The van der Waals surface area contributed by atoms with Gasteiger partial charge < -0.3 is 10.1 Å². The fourth-order valence-electron chi connectivity index (χ4n) is 5.90. The highest BCUT2D eigenvalue weighted by molar-refractivity contribution is 5.90. The number of carbonyl (C=O) groups is 1. The smallest absolute Gasteiger partial charge is 0.337 e. The topological polar surface area (TPSA) is 38.3 Å². The zero-order chi connectivity index (χ0) is 29.5. The van der Waals surface area contributed by atoms with Gasteiger partial charge >= 0.3 is 5.97 Å². The van der Waals surface area contributed by atoms with Gasteiger partial charge in [0.05, 0.1) is 12.7 Å². The molecule has 0 aliphatic rings. The van der Waals surface area contributed by atoms with Gasteiger partial charge in [-0.1, -0.05) is 186 Å². The molecule has 0 saturated carbocycles. The normalized spacial score (nSPS) is 11.2. The molecule has 0 saturated heterocycles. The molecule has 0 amide bonds. The van der Waals surface area contributed by atoms with Gasteiger partial charge in [0.1, 0.15) is 0 Å². The summed E-state index contributed by atoms with van der Waals surface area (Å²) in [7, 11) is 1.42. The van der Waals surface area contributed by atoms with Gasteiger partial charge in [0.2, 0.25) is 0 Å². The molecule has 0 heterocycles. The largest absolute Gasteiger partial charge is 0.465 e.